The predicted molar refractivity (Wildman–Crippen MR) is 97.8 cm³/mol. The first-order valence-electron chi connectivity index (χ1n) is 9.99. The third kappa shape index (κ3) is 5.93. The van der Waals surface area contributed by atoms with Gasteiger partial charge in [0.05, 0.1) is 26.4 Å². The van der Waals surface area contributed by atoms with E-state index in [-0.39, 0.29) is 19.6 Å². The topological polar surface area (TPSA) is 54.0 Å². The summed E-state index contributed by atoms with van der Waals surface area (Å²) in [5.41, 5.74) is 0.950. The first-order valence-corrected chi connectivity index (χ1v) is 9.99. The molecule has 162 valence electrons. The van der Waals surface area contributed by atoms with Gasteiger partial charge in [0.25, 0.3) is 0 Å². The van der Waals surface area contributed by atoms with E-state index >= 15 is 0 Å². The maximum atomic E-state index is 12.8. The molecule has 5 nitrogen and oxygen atoms in total. The predicted octanol–water partition coefficient (Wildman–Crippen LogP) is 4.25. The molecule has 2 aliphatic heterocycles. The van der Waals surface area contributed by atoms with E-state index in [4.69, 9.17) is 18.9 Å². The van der Waals surface area contributed by atoms with Gasteiger partial charge in [-0.2, -0.15) is 13.2 Å². The van der Waals surface area contributed by atoms with E-state index in [9.17, 15) is 18.0 Å². The van der Waals surface area contributed by atoms with E-state index in [1.165, 1.54) is 0 Å². The Kier molecular flexibility index (Phi) is 7.19. The second-order valence-electron chi connectivity index (χ2n) is 7.75. The molecule has 4 atom stereocenters. The van der Waals surface area contributed by atoms with Gasteiger partial charge in [-0.15, -0.1) is 0 Å². The summed E-state index contributed by atoms with van der Waals surface area (Å²) in [6, 6.07) is 9.44. The van der Waals surface area contributed by atoms with Crippen molar-refractivity contribution in [2.75, 3.05) is 19.8 Å². The molecular weight excluding hydrogens is 389 g/mol. The first-order chi connectivity index (χ1) is 13.8. The minimum Gasteiger partial charge on any atom is -0.455 e. The number of rotatable bonds is 6. The molecule has 0 unspecified atom stereocenters. The van der Waals surface area contributed by atoms with Crippen LogP contribution in [0, 0.1) is 11.8 Å². The molecule has 1 aromatic rings. The normalized spacial score (nSPS) is 30.3. The van der Waals surface area contributed by atoms with Crippen LogP contribution in [0.25, 0.3) is 0 Å². The molecule has 1 aromatic carbocycles. The molecule has 2 aliphatic rings. The Balaban J connectivity index is 1.62. The number of hydrogen-bond acceptors (Lipinski definition) is 5. The highest BCUT2D eigenvalue weighted by Gasteiger charge is 2.50. The van der Waals surface area contributed by atoms with Crippen molar-refractivity contribution in [2.24, 2.45) is 11.8 Å². The van der Waals surface area contributed by atoms with Crippen molar-refractivity contribution in [1.82, 2.24) is 0 Å². The third-order valence-corrected chi connectivity index (χ3v) is 5.62. The molecule has 0 aliphatic carbocycles. The second kappa shape index (κ2) is 9.45. The Hall–Kier alpha value is -1.64. The summed E-state index contributed by atoms with van der Waals surface area (Å²) in [4.78, 5) is 11.5. The van der Waals surface area contributed by atoms with Crippen molar-refractivity contribution in [3.63, 3.8) is 0 Å². The van der Waals surface area contributed by atoms with Gasteiger partial charge >= 0.3 is 12.1 Å². The smallest absolute Gasteiger partial charge is 0.455 e. The van der Waals surface area contributed by atoms with Gasteiger partial charge in [0.2, 0.25) is 0 Å². The number of carbonyl (C=O) groups is 1. The molecule has 3 rings (SSSR count). The van der Waals surface area contributed by atoms with Gasteiger partial charge in [0.15, 0.2) is 5.79 Å². The Morgan fingerprint density at radius 3 is 2.55 bits per heavy atom. The van der Waals surface area contributed by atoms with Crippen LogP contribution in [-0.2, 0) is 30.3 Å². The average molecular weight is 416 g/mol. The molecule has 0 aromatic heterocycles. The van der Waals surface area contributed by atoms with Gasteiger partial charge in [-0.3, -0.25) is 0 Å². The minimum absolute atomic E-state index is 0.0740. The quantitative estimate of drug-likeness (QED) is 0.649. The van der Waals surface area contributed by atoms with Crippen LogP contribution in [0.15, 0.2) is 30.3 Å². The number of esters is 1. The van der Waals surface area contributed by atoms with E-state index in [1.807, 2.05) is 30.3 Å². The van der Waals surface area contributed by atoms with Crippen LogP contribution in [0.4, 0.5) is 13.2 Å². The van der Waals surface area contributed by atoms with Crippen LogP contribution in [0.5, 0.6) is 0 Å². The fourth-order valence-electron chi connectivity index (χ4n) is 3.74. The van der Waals surface area contributed by atoms with Crippen LogP contribution < -0.4 is 0 Å². The van der Waals surface area contributed by atoms with Crippen LogP contribution >= 0.6 is 0 Å². The van der Waals surface area contributed by atoms with Crippen LogP contribution in [0.1, 0.15) is 38.2 Å². The maximum absolute atomic E-state index is 12.8. The van der Waals surface area contributed by atoms with Crippen molar-refractivity contribution in [1.29, 1.82) is 0 Å². The van der Waals surface area contributed by atoms with Crippen LogP contribution in [0.2, 0.25) is 0 Å². The molecule has 2 saturated heterocycles. The molecule has 0 N–H and O–H groups in total. The molecule has 29 heavy (non-hydrogen) atoms. The Morgan fingerprint density at radius 2 is 1.93 bits per heavy atom. The Bertz CT molecular complexity index is 656. The zero-order valence-corrected chi connectivity index (χ0v) is 16.5. The lowest BCUT2D eigenvalue weighted by molar-refractivity contribution is -0.311. The summed E-state index contributed by atoms with van der Waals surface area (Å²) in [6.07, 6.45) is -3.54. The zero-order valence-electron chi connectivity index (χ0n) is 16.5. The summed E-state index contributed by atoms with van der Waals surface area (Å²) in [6.45, 7) is 3.12. The van der Waals surface area contributed by atoms with E-state index in [2.05, 4.69) is 6.92 Å². The number of ether oxygens (including phenoxy) is 4. The van der Waals surface area contributed by atoms with E-state index in [0.717, 1.165) is 18.4 Å². The highest BCUT2D eigenvalue weighted by molar-refractivity contribution is 5.75. The number of carbonyl (C=O) groups excluding carboxylic acids is 1. The minimum atomic E-state index is -5.04. The van der Waals surface area contributed by atoms with Gasteiger partial charge < -0.3 is 18.9 Å². The monoisotopic (exact) mass is 416 g/mol. The lowest BCUT2D eigenvalue weighted by atomic mass is 9.86. The molecule has 0 saturated carbocycles. The average Bonchev–Trinajstić information content (AvgIpc) is 2.70. The third-order valence-electron chi connectivity index (χ3n) is 5.62. The number of benzene rings is 1. The lowest BCUT2D eigenvalue weighted by Crippen LogP contribution is -2.53. The van der Waals surface area contributed by atoms with Crippen molar-refractivity contribution < 1.29 is 36.9 Å². The summed E-state index contributed by atoms with van der Waals surface area (Å²) >= 11 is 0. The first kappa shape index (κ1) is 22.1. The Morgan fingerprint density at radius 1 is 1.21 bits per heavy atom. The molecule has 0 amide bonds. The van der Waals surface area contributed by atoms with Crippen molar-refractivity contribution in [2.45, 2.75) is 57.3 Å². The summed E-state index contributed by atoms with van der Waals surface area (Å²) < 4.78 is 60.7. The van der Waals surface area contributed by atoms with Crippen LogP contribution in [-0.4, -0.2) is 43.9 Å². The summed E-state index contributed by atoms with van der Waals surface area (Å²) in [7, 11) is 0. The van der Waals surface area contributed by atoms with Crippen LogP contribution in [0.3, 0.4) is 0 Å². The van der Waals surface area contributed by atoms with Crippen molar-refractivity contribution in [3.05, 3.63) is 35.9 Å². The van der Waals surface area contributed by atoms with Gasteiger partial charge in [-0.05, 0) is 17.9 Å². The number of hydrogen-bond donors (Lipinski definition) is 0. The molecular formula is C21H27F3O5. The lowest BCUT2D eigenvalue weighted by Gasteiger charge is -2.46. The molecule has 2 heterocycles. The molecule has 0 bridgehead atoms. The van der Waals surface area contributed by atoms with E-state index < -0.39 is 30.0 Å². The second-order valence-corrected chi connectivity index (χ2v) is 7.75. The van der Waals surface area contributed by atoms with Gasteiger partial charge in [-0.1, -0.05) is 43.7 Å². The summed E-state index contributed by atoms with van der Waals surface area (Å²) in [5.74, 6) is -3.26. The number of halogens is 3. The fourth-order valence-corrected chi connectivity index (χ4v) is 3.74. The maximum Gasteiger partial charge on any atom is 0.490 e. The summed E-state index contributed by atoms with van der Waals surface area (Å²) in [5, 5.41) is 0. The fraction of sp³-hybridized carbons (Fsp3) is 0.667. The van der Waals surface area contributed by atoms with E-state index in [1.54, 1.807) is 0 Å². The zero-order chi connectivity index (χ0) is 20.9. The van der Waals surface area contributed by atoms with E-state index in [0.29, 0.717) is 25.6 Å². The number of alkyl halides is 3. The standard InChI is InChI=1S/C21H27F3O5/c1-2-15-8-9-20(27-12-15)10-18(29-19(25)21(22,23)24)17(14-28-20)13-26-11-16-6-4-3-5-7-16/h3-7,15,17-18H,2,8-14H2,1H3/t15-,17-,18+,20-/m0/s1. The van der Waals surface area contributed by atoms with Gasteiger partial charge in [0, 0.05) is 18.8 Å². The molecule has 0 radical (unpaired) electrons. The van der Waals surface area contributed by atoms with Crippen molar-refractivity contribution in [3.8, 4) is 0 Å². The van der Waals surface area contributed by atoms with Crippen molar-refractivity contribution >= 4 is 5.97 Å². The largest absolute Gasteiger partial charge is 0.490 e. The molecule has 2 fully saturated rings. The van der Waals surface area contributed by atoms with Gasteiger partial charge in [-0.25, -0.2) is 4.79 Å². The van der Waals surface area contributed by atoms with Gasteiger partial charge in [0.1, 0.15) is 6.10 Å². The SMILES string of the molecule is CC[C@H]1CC[C@]2(C[C@@H](OC(=O)C(F)(F)F)[C@@H](COCc3ccccc3)CO2)OC1. The molecule has 1 spiro atoms. The molecule has 8 heteroatoms. The highest BCUT2D eigenvalue weighted by atomic mass is 19.4. The highest BCUT2D eigenvalue weighted by Crippen LogP contribution is 2.40. The Labute approximate surface area is 168 Å².